The number of Topliss-reactive ketones (excluding diaryl/α,β-unsaturated/α-hetero) is 1. The van der Waals surface area contributed by atoms with E-state index in [1.54, 1.807) is 0 Å². The van der Waals surface area contributed by atoms with Crippen molar-refractivity contribution in [1.82, 2.24) is 14.9 Å². The Morgan fingerprint density at radius 1 is 0.930 bits per heavy atom. The standard InChI is InChI=1S/C47H46N4O6/c1-28(53)7-11-36(27-52)51-46(55)42-21-33-17-29(18-34(33)22-43(42)47(51)56)19-35-23-49-44(24-48-35)50-25-39(26-50)57-38-13-8-31(9-14-38)45-40(30-5-3-2-4-6-30)15-10-32-20-37(54)12-16-41(32)45/h2-6,8-9,12-14,16,21-24,27,29,36-37,39-40,45,54H,7,10-11,15,17-20,25-26H2,1H3/t36?,37?,40-,45+/m1/s1. The number of allylic oxidation sites excluding steroid dienone is 2. The molecule has 2 unspecified atom stereocenters. The fraction of sp³-hybridized carbons (Fsp3) is 0.362. The van der Waals surface area contributed by atoms with Gasteiger partial charge in [-0.05, 0) is 116 Å². The number of anilines is 1. The second-order valence-electron chi connectivity index (χ2n) is 16.4. The zero-order valence-electron chi connectivity index (χ0n) is 32.1. The summed E-state index contributed by atoms with van der Waals surface area (Å²) < 4.78 is 6.38. The smallest absolute Gasteiger partial charge is 0.262 e. The number of aliphatic hydroxyl groups is 1. The average Bonchev–Trinajstić information content (AvgIpc) is 3.71. The van der Waals surface area contributed by atoms with Crippen LogP contribution in [0, 0.1) is 5.92 Å². The Morgan fingerprint density at radius 2 is 1.65 bits per heavy atom. The van der Waals surface area contributed by atoms with E-state index in [0.717, 1.165) is 84.9 Å². The molecule has 3 aromatic carbocycles. The van der Waals surface area contributed by atoms with E-state index in [2.05, 4.69) is 65.6 Å². The van der Waals surface area contributed by atoms with Crippen LogP contribution in [0.1, 0.15) is 99.5 Å². The molecule has 4 aromatic rings. The van der Waals surface area contributed by atoms with Crippen molar-refractivity contribution in [1.29, 1.82) is 0 Å². The normalized spacial score (nSPS) is 22.2. The van der Waals surface area contributed by atoms with Crippen LogP contribution in [0.25, 0.3) is 0 Å². The van der Waals surface area contributed by atoms with Gasteiger partial charge in [0.05, 0.1) is 54.4 Å². The van der Waals surface area contributed by atoms with E-state index in [0.29, 0.717) is 23.3 Å². The van der Waals surface area contributed by atoms with Crippen LogP contribution in [0.4, 0.5) is 5.82 Å². The summed E-state index contributed by atoms with van der Waals surface area (Å²) in [5.41, 5.74) is 8.99. The molecule has 57 heavy (non-hydrogen) atoms. The van der Waals surface area contributed by atoms with Crippen molar-refractivity contribution in [2.75, 3.05) is 18.0 Å². The molecule has 290 valence electrons. The fourth-order valence-corrected chi connectivity index (χ4v) is 9.61. The largest absolute Gasteiger partial charge is 0.487 e. The number of aromatic nitrogens is 2. The molecular formula is C47H46N4O6. The molecule has 5 aliphatic rings. The van der Waals surface area contributed by atoms with E-state index in [-0.39, 0.29) is 36.6 Å². The minimum Gasteiger partial charge on any atom is -0.487 e. The maximum atomic E-state index is 13.2. The molecule has 3 heterocycles. The summed E-state index contributed by atoms with van der Waals surface area (Å²) in [4.78, 5) is 62.4. The van der Waals surface area contributed by atoms with E-state index in [4.69, 9.17) is 14.7 Å². The highest BCUT2D eigenvalue weighted by atomic mass is 16.5. The Hall–Kier alpha value is -5.74. The Morgan fingerprint density at radius 3 is 2.30 bits per heavy atom. The van der Waals surface area contributed by atoms with Crippen LogP contribution in [-0.2, 0) is 28.9 Å². The summed E-state index contributed by atoms with van der Waals surface area (Å²) in [5, 5.41) is 10.3. The van der Waals surface area contributed by atoms with E-state index in [1.165, 1.54) is 29.2 Å². The molecule has 1 saturated heterocycles. The van der Waals surface area contributed by atoms with E-state index < -0.39 is 24.0 Å². The number of nitrogens with zero attached hydrogens (tertiary/aromatic N) is 4. The summed E-state index contributed by atoms with van der Waals surface area (Å²) in [7, 11) is 0. The third-order valence-corrected chi connectivity index (χ3v) is 12.5. The van der Waals surface area contributed by atoms with Gasteiger partial charge in [-0.15, -0.1) is 0 Å². The second kappa shape index (κ2) is 15.3. The van der Waals surface area contributed by atoms with Gasteiger partial charge in [-0.2, -0.15) is 0 Å². The quantitative estimate of drug-likeness (QED) is 0.127. The minimum absolute atomic E-state index is 0.0514. The first-order valence-electron chi connectivity index (χ1n) is 20.2. The summed E-state index contributed by atoms with van der Waals surface area (Å²) in [5.74, 6) is 1.51. The van der Waals surface area contributed by atoms with Crippen molar-refractivity contribution in [3.63, 3.8) is 0 Å². The van der Waals surface area contributed by atoms with Crippen LogP contribution in [0.5, 0.6) is 5.75 Å². The molecule has 0 spiro atoms. The predicted octanol–water partition coefficient (Wildman–Crippen LogP) is 6.51. The van der Waals surface area contributed by atoms with Crippen LogP contribution in [0.3, 0.4) is 0 Å². The third kappa shape index (κ3) is 7.23. The van der Waals surface area contributed by atoms with Gasteiger partial charge in [-0.1, -0.05) is 60.2 Å². The molecule has 4 atom stereocenters. The molecule has 1 N–H and O–H groups in total. The Balaban J connectivity index is 0.787. The Kier molecular flexibility index (Phi) is 9.90. The van der Waals surface area contributed by atoms with Gasteiger partial charge < -0.3 is 24.3 Å². The lowest BCUT2D eigenvalue weighted by molar-refractivity contribution is -0.117. The fourth-order valence-electron chi connectivity index (χ4n) is 9.61. The number of aliphatic hydroxyl groups excluding tert-OH is 1. The average molecular weight is 763 g/mol. The van der Waals surface area contributed by atoms with Crippen molar-refractivity contribution >= 4 is 29.7 Å². The number of carbonyl (C=O) groups excluding carboxylic acids is 4. The van der Waals surface area contributed by atoms with Crippen molar-refractivity contribution in [3.05, 3.63) is 141 Å². The highest BCUT2D eigenvalue weighted by Crippen LogP contribution is 2.50. The number of aldehydes is 1. The summed E-state index contributed by atoms with van der Waals surface area (Å²) in [6, 6.07) is 22.1. The molecule has 10 nitrogen and oxygen atoms in total. The van der Waals surface area contributed by atoms with Crippen molar-refractivity contribution in [2.45, 2.75) is 88.4 Å². The first-order valence-corrected chi connectivity index (χ1v) is 20.2. The minimum atomic E-state index is -0.947. The first-order chi connectivity index (χ1) is 27.7. The summed E-state index contributed by atoms with van der Waals surface area (Å²) in [6.45, 7) is 2.87. The molecule has 10 heteroatoms. The zero-order valence-corrected chi connectivity index (χ0v) is 32.1. The molecule has 0 saturated carbocycles. The number of amides is 2. The molecule has 9 rings (SSSR count). The number of carbonyl (C=O) groups is 4. The monoisotopic (exact) mass is 762 g/mol. The first kappa shape index (κ1) is 36.9. The SMILES string of the molecule is CC(=O)CCC(C=O)N1C(=O)c2cc3c(cc2C1=O)CC(Cc1cnc(N2CC(Oc4ccc([C@@H]5C6=C(CC[C@@H]5c5ccccc5)CC(O)C=C6)cc4)C2)cn1)C3. The molecule has 2 amide bonds. The maximum Gasteiger partial charge on any atom is 0.262 e. The lowest BCUT2D eigenvalue weighted by Gasteiger charge is -2.40. The van der Waals surface area contributed by atoms with Crippen LogP contribution in [0.15, 0.2) is 102 Å². The van der Waals surface area contributed by atoms with Gasteiger partial charge in [0.15, 0.2) is 0 Å². The predicted molar refractivity (Wildman–Crippen MR) is 214 cm³/mol. The summed E-state index contributed by atoms with van der Waals surface area (Å²) in [6.07, 6.45) is 13.3. The number of benzene rings is 3. The van der Waals surface area contributed by atoms with E-state index >= 15 is 0 Å². The van der Waals surface area contributed by atoms with Gasteiger partial charge in [0, 0.05) is 12.3 Å². The molecule has 0 bridgehead atoms. The Bertz CT molecular complexity index is 2230. The van der Waals surface area contributed by atoms with E-state index in [1.807, 2.05) is 30.6 Å². The number of rotatable bonds is 12. The van der Waals surface area contributed by atoms with Crippen LogP contribution >= 0.6 is 0 Å². The van der Waals surface area contributed by atoms with Crippen molar-refractivity contribution in [3.8, 4) is 5.75 Å². The topological polar surface area (TPSA) is 130 Å². The number of hydrogen-bond acceptors (Lipinski definition) is 9. The molecular weight excluding hydrogens is 717 g/mol. The van der Waals surface area contributed by atoms with Gasteiger partial charge in [-0.25, -0.2) is 4.98 Å². The van der Waals surface area contributed by atoms with Gasteiger partial charge >= 0.3 is 0 Å². The summed E-state index contributed by atoms with van der Waals surface area (Å²) >= 11 is 0. The third-order valence-electron chi connectivity index (χ3n) is 12.5. The second-order valence-corrected chi connectivity index (χ2v) is 16.4. The van der Waals surface area contributed by atoms with Crippen LogP contribution in [-0.4, -0.2) is 75.2 Å². The molecule has 0 radical (unpaired) electrons. The number of fused-ring (bicyclic) bond motifs is 2. The number of imide groups is 1. The zero-order chi connectivity index (χ0) is 39.2. The Labute approximate surface area is 332 Å². The number of ether oxygens (including phenoxy) is 1. The number of ketones is 1. The highest BCUT2D eigenvalue weighted by Gasteiger charge is 2.42. The number of hydrogen-bond donors (Lipinski definition) is 1. The molecule has 2 aliphatic heterocycles. The van der Waals surface area contributed by atoms with Gasteiger partial charge in [-0.3, -0.25) is 19.5 Å². The molecule has 1 aromatic heterocycles. The highest BCUT2D eigenvalue weighted by molar-refractivity contribution is 6.22. The van der Waals surface area contributed by atoms with Crippen LogP contribution in [0.2, 0.25) is 0 Å². The maximum absolute atomic E-state index is 13.2. The lowest BCUT2D eigenvalue weighted by atomic mass is 9.67. The van der Waals surface area contributed by atoms with Gasteiger partial charge in [0.25, 0.3) is 11.8 Å². The van der Waals surface area contributed by atoms with Gasteiger partial charge in [0.2, 0.25) is 0 Å². The van der Waals surface area contributed by atoms with Crippen molar-refractivity contribution in [2.24, 2.45) is 5.92 Å². The van der Waals surface area contributed by atoms with Crippen molar-refractivity contribution < 1.29 is 29.0 Å². The molecule has 3 aliphatic carbocycles. The van der Waals surface area contributed by atoms with E-state index in [9.17, 15) is 24.3 Å². The molecule has 1 fully saturated rings. The van der Waals surface area contributed by atoms with Gasteiger partial charge in [0.1, 0.15) is 29.7 Å². The lowest BCUT2D eigenvalue weighted by Crippen LogP contribution is -2.54. The van der Waals surface area contributed by atoms with Crippen LogP contribution < -0.4 is 9.64 Å².